The monoisotopic (exact) mass is 372 g/mol. The highest BCUT2D eigenvalue weighted by Gasteiger charge is 2.17. The summed E-state index contributed by atoms with van der Waals surface area (Å²) < 4.78 is 10.2. The average Bonchev–Trinajstić information content (AvgIpc) is 3.04. The number of ether oxygens (including phenoxy) is 1. The van der Waals surface area contributed by atoms with Crippen molar-refractivity contribution in [1.82, 2.24) is 10.2 Å². The van der Waals surface area contributed by atoms with E-state index in [2.05, 4.69) is 10.1 Å². The second kappa shape index (κ2) is 9.56. The van der Waals surface area contributed by atoms with Gasteiger partial charge in [0.05, 0.1) is 13.7 Å². The Morgan fingerprint density at radius 1 is 1.19 bits per heavy atom. The number of esters is 1. The third-order valence-electron chi connectivity index (χ3n) is 4.08. The first kappa shape index (κ1) is 20.2. The molecule has 2 aromatic rings. The van der Waals surface area contributed by atoms with Gasteiger partial charge in [-0.1, -0.05) is 18.2 Å². The number of carbonyl (C=O) groups is 3. The van der Waals surface area contributed by atoms with Crippen molar-refractivity contribution in [3.63, 3.8) is 0 Å². The molecule has 0 aliphatic carbocycles. The zero-order valence-electron chi connectivity index (χ0n) is 15.8. The van der Waals surface area contributed by atoms with Gasteiger partial charge in [0.2, 0.25) is 5.91 Å². The highest BCUT2D eigenvalue weighted by atomic mass is 16.5. The SMILES string of the molecule is COC(=O)c1cc(CN(C)C(=O)CCCNC(=O)c2ccccc2)oc1C. The maximum atomic E-state index is 12.2. The van der Waals surface area contributed by atoms with Gasteiger partial charge >= 0.3 is 5.97 Å². The number of benzene rings is 1. The smallest absolute Gasteiger partial charge is 0.341 e. The number of hydrogen-bond acceptors (Lipinski definition) is 5. The number of rotatable bonds is 8. The molecule has 0 aliphatic heterocycles. The Hall–Kier alpha value is -3.09. The van der Waals surface area contributed by atoms with Gasteiger partial charge < -0.3 is 19.4 Å². The lowest BCUT2D eigenvalue weighted by Gasteiger charge is -2.15. The first-order valence-electron chi connectivity index (χ1n) is 8.67. The number of furan rings is 1. The molecule has 0 aliphatic rings. The van der Waals surface area contributed by atoms with Crippen LogP contribution in [0.1, 0.15) is 45.1 Å². The van der Waals surface area contributed by atoms with E-state index in [0.717, 1.165) is 0 Å². The van der Waals surface area contributed by atoms with Gasteiger partial charge in [-0.3, -0.25) is 9.59 Å². The number of nitrogens with one attached hydrogen (secondary N) is 1. The fourth-order valence-electron chi connectivity index (χ4n) is 2.58. The molecule has 0 unspecified atom stereocenters. The van der Waals surface area contributed by atoms with E-state index < -0.39 is 5.97 Å². The van der Waals surface area contributed by atoms with Crippen LogP contribution in [0.2, 0.25) is 0 Å². The zero-order valence-corrected chi connectivity index (χ0v) is 15.8. The minimum atomic E-state index is -0.467. The number of hydrogen-bond donors (Lipinski definition) is 1. The van der Waals surface area contributed by atoms with Crippen molar-refractivity contribution in [2.45, 2.75) is 26.3 Å². The minimum Gasteiger partial charge on any atom is -0.465 e. The quantitative estimate of drug-likeness (QED) is 0.568. The van der Waals surface area contributed by atoms with Crippen LogP contribution in [-0.2, 0) is 16.1 Å². The molecule has 0 fully saturated rings. The Labute approximate surface area is 158 Å². The molecule has 1 heterocycles. The number of nitrogens with zero attached hydrogens (tertiary/aromatic N) is 1. The molecule has 0 saturated heterocycles. The van der Waals surface area contributed by atoms with Crippen LogP contribution >= 0.6 is 0 Å². The van der Waals surface area contributed by atoms with Gasteiger partial charge in [-0.25, -0.2) is 4.79 Å². The van der Waals surface area contributed by atoms with Crippen LogP contribution in [0.25, 0.3) is 0 Å². The summed E-state index contributed by atoms with van der Waals surface area (Å²) in [6.07, 6.45) is 0.835. The Balaban J connectivity index is 1.76. The van der Waals surface area contributed by atoms with E-state index >= 15 is 0 Å². The van der Waals surface area contributed by atoms with Crippen LogP contribution in [0, 0.1) is 6.92 Å². The standard InChI is InChI=1S/C20H24N2O5/c1-14-17(20(25)26-3)12-16(27-14)13-22(2)18(23)10-7-11-21-19(24)15-8-5-4-6-9-15/h4-6,8-9,12H,7,10-11,13H2,1-3H3,(H,21,24). The van der Waals surface area contributed by atoms with Gasteiger partial charge in [0, 0.05) is 25.6 Å². The van der Waals surface area contributed by atoms with E-state index in [-0.39, 0.29) is 18.4 Å². The van der Waals surface area contributed by atoms with Gasteiger partial charge in [0.25, 0.3) is 5.91 Å². The maximum Gasteiger partial charge on any atom is 0.341 e. The Morgan fingerprint density at radius 2 is 1.89 bits per heavy atom. The number of aryl methyl sites for hydroxylation is 1. The van der Waals surface area contributed by atoms with E-state index in [1.807, 2.05) is 6.07 Å². The van der Waals surface area contributed by atoms with E-state index in [4.69, 9.17) is 4.42 Å². The molecule has 7 heteroatoms. The number of amides is 2. The van der Waals surface area contributed by atoms with E-state index in [0.29, 0.717) is 42.0 Å². The largest absolute Gasteiger partial charge is 0.465 e. The molecule has 27 heavy (non-hydrogen) atoms. The molecule has 7 nitrogen and oxygen atoms in total. The fraction of sp³-hybridized carbons (Fsp3) is 0.350. The molecule has 0 radical (unpaired) electrons. The summed E-state index contributed by atoms with van der Waals surface area (Å²) in [5.41, 5.74) is 0.951. The van der Waals surface area contributed by atoms with Crippen LogP contribution in [0.15, 0.2) is 40.8 Å². The van der Waals surface area contributed by atoms with Gasteiger partial charge in [0.15, 0.2) is 0 Å². The molecular weight excluding hydrogens is 348 g/mol. The van der Waals surface area contributed by atoms with Crippen molar-refractivity contribution in [2.75, 3.05) is 20.7 Å². The lowest BCUT2D eigenvalue weighted by Crippen LogP contribution is -2.28. The number of carbonyl (C=O) groups excluding carboxylic acids is 3. The predicted molar refractivity (Wildman–Crippen MR) is 99.3 cm³/mol. The molecule has 0 saturated carbocycles. The lowest BCUT2D eigenvalue weighted by molar-refractivity contribution is -0.130. The maximum absolute atomic E-state index is 12.2. The van der Waals surface area contributed by atoms with Crippen molar-refractivity contribution >= 4 is 17.8 Å². The summed E-state index contributed by atoms with van der Waals surface area (Å²) in [6.45, 7) is 2.35. The second-order valence-electron chi connectivity index (χ2n) is 6.15. The van der Waals surface area contributed by atoms with Gasteiger partial charge in [-0.2, -0.15) is 0 Å². The first-order valence-corrected chi connectivity index (χ1v) is 8.67. The second-order valence-corrected chi connectivity index (χ2v) is 6.15. The van der Waals surface area contributed by atoms with Crippen LogP contribution in [-0.4, -0.2) is 43.4 Å². The first-order chi connectivity index (χ1) is 12.9. The van der Waals surface area contributed by atoms with Crippen molar-refractivity contribution in [3.8, 4) is 0 Å². The predicted octanol–water partition coefficient (Wildman–Crippen LogP) is 2.54. The molecule has 0 spiro atoms. The van der Waals surface area contributed by atoms with E-state index in [9.17, 15) is 14.4 Å². The molecular formula is C20H24N2O5. The van der Waals surface area contributed by atoms with Gasteiger partial charge in [-0.15, -0.1) is 0 Å². The van der Waals surface area contributed by atoms with E-state index in [1.54, 1.807) is 44.3 Å². The third-order valence-corrected chi connectivity index (χ3v) is 4.08. The summed E-state index contributed by atoms with van der Waals surface area (Å²) in [5.74, 6) is 0.281. The molecule has 144 valence electrons. The van der Waals surface area contributed by atoms with Crippen LogP contribution in [0.3, 0.4) is 0 Å². The Morgan fingerprint density at radius 3 is 2.56 bits per heavy atom. The highest BCUT2D eigenvalue weighted by molar-refractivity contribution is 5.94. The molecule has 2 amide bonds. The Kier molecular flexibility index (Phi) is 7.16. The van der Waals surface area contributed by atoms with Crippen LogP contribution in [0.5, 0.6) is 0 Å². The fourth-order valence-corrected chi connectivity index (χ4v) is 2.58. The zero-order chi connectivity index (χ0) is 19.8. The molecule has 0 atom stereocenters. The summed E-state index contributed by atoms with van der Waals surface area (Å²) >= 11 is 0. The summed E-state index contributed by atoms with van der Waals surface area (Å²) in [7, 11) is 2.97. The van der Waals surface area contributed by atoms with Gasteiger partial charge in [-0.05, 0) is 31.5 Å². The van der Waals surface area contributed by atoms with Crippen molar-refractivity contribution in [3.05, 3.63) is 59.0 Å². The van der Waals surface area contributed by atoms with Crippen molar-refractivity contribution in [2.24, 2.45) is 0 Å². The topological polar surface area (TPSA) is 88.9 Å². The van der Waals surface area contributed by atoms with Gasteiger partial charge in [0.1, 0.15) is 17.1 Å². The summed E-state index contributed by atoms with van der Waals surface area (Å²) in [5, 5.41) is 2.79. The van der Waals surface area contributed by atoms with Crippen LogP contribution < -0.4 is 5.32 Å². The Bertz CT molecular complexity index is 798. The normalized spacial score (nSPS) is 10.3. The highest BCUT2D eigenvalue weighted by Crippen LogP contribution is 2.17. The summed E-state index contributed by atoms with van der Waals surface area (Å²) in [4.78, 5) is 37.3. The molecule has 0 bridgehead atoms. The number of methoxy groups -OCH3 is 1. The van der Waals surface area contributed by atoms with Crippen molar-refractivity contribution in [1.29, 1.82) is 0 Å². The minimum absolute atomic E-state index is 0.0716. The molecule has 1 aromatic heterocycles. The molecule has 2 rings (SSSR count). The lowest BCUT2D eigenvalue weighted by atomic mass is 10.2. The third kappa shape index (κ3) is 5.70. The van der Waals surface area contributed by atoms with Crippen LogP contribution in [0.4, 0.5) is 0 Å². The van der Waals surface area contributed by atoms with Crippen molar-refractivity contribution < 1.29 is 23.5 Å². The average molecular weight is 372 g/mol. The molecule has 1 N–H and O–H groups in total. The summed E-state index contributed by atoms with van der Waals surface area (Å²) in [6, 6.07) is 10.5. The van der Waals surface area contributed by atoms with E-state index in [1.165, 1.54) is 12.0 Å². The molecule has 1 aromatic carbocycles.